The van der Waals surface area contributed by atoms with Crippen LogP contribution in [0.2, 0.25) is 0 Å². The number of carbonyl (C=O) groups excluding carboxylic acids is 1. The number of nitrogens with one attached hydrogen (secondary N) is 2. The van der Waals surface area contributed by atoms with Gasteiger partial charge in [-0.25, -0.2) is 0 Å². The van der Waals surface area contributed by atoms with Gasteiger partial charge in [0.25, 0.3) is 5.91 Å². The van der Waals surface area contributed by atoms with Crippen LogP contribution in [0.3, 0.4) is 0 Å². The second-order valence-electron chi connectivity index (χ2n) is 5.86. The molecule has 3 aromatic rings. The summed E-state index contributed by atoms with van der Waals surface area (Å²) in [6.07, 6.45) is 1.92. The number of benzene rings is 2. The van der Waals surface area contributed by atoms with Crippen molar-refractivity contribution in [2.45, 2.75) is 18.4 Å². The van der Waals surface area contributed by atoms with Crippen molar-refractivity contribution in [1.82, 2.24) is 10.3 Å². The fourth-order valence-electron chi connectivity index (χ4n) is 2.89. The van der Waals surface area contributed by atoms with Crippen LogP contribution >= 0.6 is 0 Å². The summed E-state index contributed by atoms with van der Waals surface area (Å²) in [6, 6.07) is 16.9. The lowest BCUT2D eigenvalue weighted by Crippen LogP contribution is -2.34. The van der Waals surface area contributed by atoms with Crippen LogP contribution in [0.1, 0.15) is 28.9 Å². The number of phenolic OH excluding ortho intramolecular Hbond substituents is 1. The summed E-state index contributed by atoms with van der Waals surface area (Å²) >= 11 is 0. The fourth-order valence-corrected chi connectivity index (χ4v) is 2.89. The molecule has 1 saturated carbocycles. The normalized spacial score (nSPS) is 15.6. The van der Waals surface area contributed by atoms with Gasteiger partial charge >= 0.3 is 0 Å². The Bertz CT molecular complexity index is 848. The average Bonchev–Trinajstić information content (AvgIpc) is 3.18. The van der Waals surface area contributed by atoms with Crippen LogP contribution in [0.4, 0.5) is 0 Å². The highest BCUT2D eigenvalue weighted by atomic mass is 16.3. The number of aromatic nitrogens is 1. The average molecular weight is 292 g/mol. The van der Waals surface area contributed by atoms with Gasteiger partial charge in [-0.3, -0.25) is 4.79 Å². The van der Waals surface area contributed by atoms with Crippen molar-refractivity contribution in [3.8, 4) is 5.75 Å². The van der Waals surface area contributed by atoms with Gasteiger partial charge in [-0.1, -0.05) is 30.3 Å². The van der Waals surface area contributed by atoms with Gasteiger partial charge in [0.2, 0.25) is 0 Å². The van der Waals surface area contributed by atoms with Crippen molar-refractivity contribution in [3.63, 3.8) is 0 Å². The standard InChI is InChI=1S/C18H16N2O2/c21-14-7-6-12-10-16(19-15(12)11-14)17(22)20-18(8-9-18)13-4-2-1-3-5-13/h1-7,10-11,19,21H,8-9H2,(H,20,22). The molecule has 0 unspecified atom stereocenters. The molecular weight excluding hydrogens is 276 g/mol. The first-order chi connectivity index (χ1) is 10.7. The molecule has 1 aliphatic rings. The molecule has 3 N–H and O–H groups in total. The molecule has 2 aromatic carbocycles. The maximum absolute atomic E-state index is 12.5. The molecule has 1 heterocycles. The van der Waals surface area contributed by atoms with Crippen LogP contribution in [0.5, 0.6) is 5.75 Å². The van der Waals surface area contributed by atoms with Crippen LogP contribution in [0, 0.1) is 0 Å². The Kier molecular flexibility index (Phi) is 2.73. The summed E-state index contributed by atoms with van der Waals surface area (Å²) in [6.45, 7) is 0. The van der Waals surface area contributed by atoms with Gasteiger partial charge in [-0.05, 0) is 36.6 Å². The van der Waals surface area contributed by atoms with E-state index in [0.29, 0.717) is 5.69 Å². The zero-order valence-corrected chi connectivity index (χ0v) is 12.0. The number of hydrogen-bond acceptors (Lipinski definition) is 2. The number of amides is 1. The van der Waals surface area contributed by atoms with Crippen molar-refractivity contribution in [3.05, 3.63) is 65.9 Å². The van der Waals surface area contributed by atoms with E-state index in [-0.39, 0.29) is 17.2 Å². The second-order valence-corrected chi connectivity index (χ2v) is 5.86. The first-order valence-corrected chi connectivity index (χ1v) is 7.36. The molecule has 0 bridgehead atoms. The summed E-state index contributed by atoms with van der Waals surface area (Å²) in [5, 5.41) is 13.6. The lowest BCUT2D eigenvalue weighted by Gasteiger charge is -2.17. The monoisotopic (exact) mass is 292 g/mol. The molecule has 0 radical (unpaired) electrons. The van der Waals surface area contributed by atoms with E-state index in [1.807, 2.05) is 24.3 Å². The highest BCUT2D eigenvalue weighted by molar-refractivity contribution is 5.98. The zero-order valence-electron chi connectivity index (χ0n) is 12.0. The second kappa shape index (κ2) is 4.63. The molecule has 1 amide bonds. The van der Waals surface area contributed by atoms with Crippen molar-refractivity contribution in [2.75, 3.05) is 0 Å². The molecule has 0 atom stereocenters. The van der Waals surface area contributed by atoms with E-state index < -0.39 is 0 Å². The van der Waals surface area contributed by atoms with E-state index >= 15 is 0 Å². The summed E-state index contributed by atoms with van der Waals surface area (Å²) in [4.78, 5) is 15.6. The Morgan fingerprint density at radius 3 is 2.59 bits per heavy atom. The largest absolute Gasteiger partial charge is 0.508 e. The van der Waals surface area contributed by atoms with Crippen LogP contribution in [0.15, 0.2) is 54.6 Å². The number of carbonyl (C=O) groups is 1. The molecule has 1 aliphatic carbocycles. The quantitative estimate of drug-likeness (QED) is 0.693. The van der Waals surface area contributed by atoms with Crippen molar-refractivity contribution in [1.29, 1.82) is 0 Å². The van der Waals surface area contributed by atoms with Gasteiger partial charge < -0.3 is 15.4 Å². The number of H-pyrrole nitrogens is 1. The molecule has 0 saturated heterocycles. The Morgan fingerprint density at radius 2 is 1.86 bits per heavy atom. The molecule has 1 aromatic heterocycles. The Balaban J connectivity index is 1.61. The number of aromatic hydroxyl groups is 1. The first-order valence-electron chi connectivity index (χ1n) is 7.36. The Morgan fingerprint density at radius 1 is 1.09 bits per heavy atom. The van der Waals surface area contributed by atoms with Gasteiger partial charge in [0, 0.05) is 17.0 Å². The van der Waals surface area contributed by atoms with Gasteiger partial charge in [-0.15, -0.1) is 0 Å². The zero-order chi connectivity index (χ0) is 15.2. The lowest BCUT2D eigenvalue weighted by molar-refractivity contribution is 0.0926. The van der Waals surface area contributed by atoms with Crippen LogP contribution in [0.25, 0.3) is 10.9 Å². The molecule has 22 heavy (non-hydrogen) atoms. The van der Waals surface area contributed by atoms with Gasteiger partial charge in [-0.2, -0.15) is 0 Å². The van der Waals surface area contributed by atoms with Gasteiger partial charge in [0.05, 0.1) is 5.54 Å². The van der Waals surface area contributed by atoms with E-state index in [9.17, 15) is 9.90 Å². The molecule has 4 heteroatoms. The Labute approximate surface area is 127 Å². The molecule has 0 spiro atoms. The minimum absolute atomic E-state index is 0.114. The molecule has 4 rings (SSSR count). The number of aromatic amines is 1. The minimum atomic E-state index is -0.224. The fraction of sp³-hybridized carbons (Fsp3) is 0.167. The van der Waals surface area contributed by atoms with E-state index in [4.69, 9.17) is 0 Å². The van der Waals surface area contributed by atoms with E-state index in [2.05, 4.69) is 22.4 Å². The molecule has 110 valence electrons. The third kappa shape index (κ3) is 2.13. The van der Waals surface area contributed by atoms with Crippen molar-refractivity contribution >= 4 is 16.8 Å². The van der Waals surface area contributed by atoms with E-state index in [1.54, 1.807) is 18.2 Å². The Hall–Kier alpha value is -2.75. The van der Waals surface area contributed by atoms with Crippen LogP contribution in [-0.4, -0.2) is 16.0 Å². The number of hydrogen-bond donors (Lipinski definition) is 3. The lowest BCUT2D eigenvalue weighted by atomic mass is 10.0. The van der Waals surface area contributed by atoms with Gasteiger partial charge in [0.1, 0.15) is 11.4 Å². The summed E-state index contributed by atoms with van der Waals surface area (Å²) < 4.78 is 0. The maximum Gasteiger partial charge on any atom is 0.268 e. The van der Waals surface area contributed by atoms with E-state index in [0.717, 1.165) is 29.3 Å². The molecule has 0 aliphatic heterocycles. The van der Waals surface area contributed by atoms with Crippen LogP contribution < -0.4 is 5.32 Å². The number of fused-ring (bicyclic) bond motifs is 1. The third-order valence-electron chi connectivity index (χ3n) is 4.28. The molecule has 4 nitrogen and oxygen atoms in total. The number of rotatable bonds is 3. The smallest absolute Gasteiger partial charge is 0.268 e. The van der Waals surface area contributed by atoms with Crippen molar-refractivity contribution in [2.24, 2.45) is 0 Å². The predicted molar refractivity (Wildman–Crippen MR) is 84.8 cm³/mol. The third-order valence-corrected chi connectivity index (χ3v) is 4.28. The highest BCUT2D eigenvalue weighted by Gasteiger charge is 2.45. The SMILES string of the molecule is O=C(NC1(c2ccccc2)CC1)c1cc2ccc(O)cc2[nH]1. The maximum atomic E-state index is 12.5. The highest BCUT2D eigenvalue weighted by Crippen LogP contribution is 2.45. The minimum Gasteiger partial charge on any atom is -0.508 e. The first kappa shape index (κ1) is 13.0. The number of phenols is 1. The van der Waals surface area contributed by atoms with Crippen LogP contribution in [-0.2, 0) is 5.54 Å². The summed E-state index contributed by atoms with van der Waals surface area (Å²) in [7, 11) is 0. The predicted octanol–water partition coefficient (Wildman–Crippen LogP) is 3.29. The summed E-state index contributed by atoms with van der Waals surface area (Å²) in [5.41, 5.74) is 2.20. The van der Waals surface area contributed by atoms with Gasteiger partial charge in [0.15, 0.2) is 0 Å². The molecular formula is C18H16N2O2. The van der Waals surface area contributed by atoms with Crippen molar-refractivity contribution < 1.29 is 9.90 Å². The van der Waals surface area contributed by atoms with E-state index in [1.165, 1.54) is 0 Å². The summed E-state index contributed by atoms with van der Waals surface area (Å²) in [5.74, 6) is 0.0706. The topological polar surface area (TPSA) is 65.1 Å². The molecule has 1 fully saturated rings.